The average molecular weight is 201 g/mol. The van der Waals surface area contributed by atoms with E-state index < -0.39 is 4.92 Å². The van der Waals surface area contributed by atoms with Crippen LogP contribution >= 0.6 is 11.6 Å². The molecule has 1 aromatic carbocycles. The van der Waals surface area contributed by atoms with Crippen LogP contribution < -0.4 is 5.73 Å². The second-order valence-corrected chi connectivity index (χ2v) is 3.05. The normalized spacial score (nSPS) is 10.0. The van der Waals surface area contributed by atoms with Gasteiger partial charge in [-0.3, -0.25) is 10.1 Å². The van der Waals surface area contributed by atoms with Crippen molar-refractivity contribution in [3.63, 3.8) is 0 Å². The summed E-state index contributed by atoms with van der Waals surface area (Å²) in [6, 6.07) is 4.49. The zero-order chi connectivity index (χ0) is 9.84. The summed E-state index contributed by atoms with van der Waals surface area (Å²) < 4.78 is 0. The van der Waals surface area contributed by atoms with Crippen LogP contribution in [0.3, 0.4) is 0 Å². The summed E-state index contributed by atoms with van der Waals surface area (Å²) in [5.74, 6) is 0. The van der Waals surface area contributed by atoms with Crippen molar-refractivity contribution in [1.82, 2.24) is 0 Å². The second-order valence-electron chi connectivity index (χ2n) is 2.61. The van der Waals surface area contributed by atoms with Crippen LogP contribution in [0.4, 0.5) is 5.69 Å². The van der Waals surface area contributed by atoms with Gasteiger partial charge in [0.25, 0.3) is 5.69 Å². The maximum Gasteiger partial charge on any atom is 0.271 e. The lowest BCUT2D eigenvalue weighted by molar-refractivity contribution is -0.384. The predicted molar refractivity (Wildman–Crippen MR) is 50.9 cm³/mol. The first kappa shape index (κ1) is 9.95. The molecule has 0 atom stereocenters. The molecule has 0 heterocycles. The topological polar surface area (TPSA) is 69.2 Å². The zero-order valence-electron chi connectivity index (χ0n) is 6.87. The summed E-state index contributed by atoms with van der Waals surface area (Å²) in [4.78, 5) is 9.96. The van der Waals surface area contributed by atoms with Gasteiger partial charge in [0, 0.05) is 17.2 Å². The quantitative estimate of drug-likeness (QED) is 0.597. The Balaban J connectivity index is 3.03. The number of benzene rings is 1. The molecule has 70 valence electrons. The second kappa shape index (κ2) is 4.20. The van der Waals surface area contributed by atoms with E-state index in [0.717, 1.165) is 5.56 Å². The van der Waals surface area contributed by atoms with Gasteiger partial charge in [0.05, 0.1) is 4.92 Å². The minimum absolute atomic E-state index is 0.0101. The van der Waals surface area contributed by atoms with Crippen molar-refractivity contribution in [2.45, 2.75) is 6.42 Å². The molecule has 1 rings (SSSR count). The van der Waals surface area contributed by atoms with E-state index in [9.17, 15) is 10.1 Å². The van der Waals surface area contributed by atoms with Crippen LogP contribution in [0.15, 0.2) is 18.2 Å². The summed E-state index contributed by atoms with van der Waals surface area (Å²) >= 11 is 5.68. The number of hydrogen-bond donors (Lipinski definition) is 1. The highest BCUT2D eigenvalue weighted by atomic mass is 35.5. The van der Waals surface area contributed by atoms with Gasteiger partial charge in [0.15, 0.2) is 0 Å². The van der Waals surface area contributed by atoms with Crippen LogP contribution in [0.2, 0.25) is 5.02 Å². The summed E-state index contributed by atoms with van der Waals surface area (Å²) in [5, 5.41) is 10.8. The smallest absolute Gasteiger partial charge is 0.271 e. The molecule has 1 aromatic rings. The van der Waals surface area contributed by atoms with Crippen LogP contribution in [-0.4, -0.2) is 11.5 Å². The minimum Gasteiger partial charge on any atom is -0.330 e. The van der Waals surface area contributed by atoms with Crippen LogP contribution in [0.1, 0.15) is 5.56 Å². The first-order chi connectivity index (χ1) is 6.13. The van der Waals surface area contributed by atoms with E-state index in [1.54, 1.807) is 6.07 Å². The van der Waals surface area contributed by atoms with Crippen molar-refractivity contribution in [3.05, 3.63) is 38.9 Å². The number of non-ortho nitro benzene ring substituents is 1. The van der Waals surface area contributed by atoms with Crippen LogP contribution in [0.5, 0.6) is 0 Å². The first-order valence-corrected chi connectivity index (χ1v) is 4.15. The van der Waals surface area contributed by atoms with Gasteiger partial charge < -0.3 is 5.73 Å². The van der Waals surface area contributed by atoms with Crippen LogP contribution in [0.25, 0.3) is 0 Å². The van der Waals surface area contributed by atoms with Gasteiger partial charge in [-0.1, -0.05) is 11.6 Å². The number of nitro groups is 1. The van der Waals surface area contributed by atoms with E-state index >= 15 is 0 Å². The van der Waals surface area contributed by atoms with E-state index in [2.05, 4.69) is 0 Å². The van der Waals surface area contributed by atoms with E-state index in [4.69, 9.17) is 17.3 Å². The third-order valence-electron chi connectivity index (χ3n) is 1.59. The van der Waals surface area contributed by atoms with Crippen molar-refractivity contribution in [3.8, 4) is 0 Å². The van der Waals surface area contributed by atoms with E-state index in [0.29, 0.717) is 18.0 Å². The molecule has 0 aliphatic rings. The summed E-state index contributed by atoms with van der Waals surface area (Å²) in [6.07, 6.45) is 0.599. The fourth-order valence-corrected chi connectivity index (χ4v) is 1.30. The molecule has 13 heavy (non-hydrogen) atoms. The van der Waals surface area contributed by atoms with Gasteiger partial charge in [-0.15, -0.1) is 0 Å². The van der Waals surface area contributed by atoms with Crippen molar-refractivity contribution in [1.29, 1.82) is 0 Å². The third-order valence-corrected chi connectivity index (χ3v) is 1.80. The molecular weight excluding hydrogens is 192 g/mol. The molecule has 0 amide bonds. The largest absolute Gasteiger partial charge is 0.330 e. The fraction of sp³-hybridized carbons (Fsp3) is 0.250. The number of rotatable bonds is 3. The highest BCUT2D eigenvalue weighted by Crippen LogP contribution is 2.20. The summed E-state index contributed by atoms with van der Waals surface area (Å²) in [7, 11) is 0. The number of hydrogen-bond acceptors (Lipinski definition) is 3. The lowest BCUT2D eigenvalue weighted by Crippen LogP contribution is -2.03. The zero-order valence-corrected chi connectivity index (χ0v) is 7.62. The van der Waals surface area contributed by atoms with E-state index in [1.807, 2.05) is 0 Å². The van der Waals surface area contributed by atoms with Gasteiger partial charge in [-0.2, -0.15) is 0 Å². The molecule has 5 heteroatoms. The highest BCUT2D eigenvalue weighted by molar-refractivity contribution is 6.30. The molecule has 0 unspecified atom stereocenters. The van der Waals surface area contributed by atoms with E-state index in [1.165, 1.54) is 12.1 Å². The Hall–Kier alpha value is -1.13. The first-order valence-electron chi connectivity index (χ1n) is 3.77. The fourth-order valence-electron chi connectivity index (χ4n) is 1.05. The maximum absolute atomic E-state index is 10.4. The molecule has 0 saturated carbocycles. The molecule has 0 saturated heterocycles. The Morgan fingerprint density at radius 2 is 2.15 bits per heavy atom. The average Bonchev–Trinajstić information content (AvgIpc) is 2.03. The van der Waals surface area contributed by atoms with E-state index in [-0.39, 0.29) is 5.69 Å². The molecule has 0 spiro atoms. The van der Waals surface area contributed by atoms with Gasteiger partial charge in [-0.05, 0) is 24.6 Å². The van der Waals surface area contributed by atoms with Gasteiger partial charge in [0.1, 0.15) is 0 Å². The minimum atomic E-state index is -0.466. The number of halogens is 1. The monoisotopic (exact) mass is 200 g/mol. The maximum atomic E-state index is 10.4. The number of nitro benzene ring substituents is 1. The van der Waals surface area contributed by atoms with Crippen molar-refractivity contribution >= 4 is 17.3 Å². The Morgan fingerprint density at radius 3 is 2.69 bits per heavy atom. The molecule has 4 nitrogen and oxygen atoms in total. The SMILES string of the molecule is NCCc1cc(Cl)cc([N+](=O)[O-])c1. The van der Waals surface area contributed by atoms with Crippen molar-refractivity contribution < 1.29 is 4.92 Å². The van der Waals surface area contributed by atoms with Gasteiger partial charge >= 0.3 is 0 Å². The standard InChI is InChI=1S/C8H9ClN2O2/c9-7-3-6(1-2-10)4-8(5-7)11(12)13/h3-5H,1-2,10H2. The molecule has 2 N–H and O–H groups in total. The molecule has 0 radical (unpaired) electrons. The Bertz CT molecular complexity index is 328. The Morgan fingerprint density at radius 1 is 1.46 bits per heavy atom. The molecule has 0 aliphatic heterocycles. The molecule has 0 bridgehead atoms. The van der Waals surface area contributed by atoms with Gasteiger partial charge in [0.2, 0.25) is 0 Å². The van der Waals surface area contributed by atoms with Gasteiger partial charge in [-0.25, -0.2) is 0 Å². The molecule has 0 fully saturated rings. The predicted octanol–water partition coefficient (Wildman–Crippen LogP) is 1.75. The Labute approximate surface area is 80.5 Å². The molecule has 0 aromatic heterocycles. The highest BCUT2D eigenvalue weighted by Gasteiger charge is 2.07. The lowest BCUT2D eigenvalue weighted by Gasteiger charge is -1.99. The van der Waals surface area contributed by atoms with Crippen molar-refractivity contribution in [2.75, 3.05) is 6.54 Å². The number of nitrogens with zero attached hydrogens (tertiary/aromatic N) is 1. The van der Waals surface area contributed by atoms with Crippen LogP contribution in [0, 0.1) is 10.1 Å². The summed E-state index contributed by atoms with van der Waals surface area (Å²) in [5.41, 5.74) is 6.13. The summed E-state index contributed by atoms with van der Waals surface area (Å²) in [6.45, 7) is 0.456. The number of nitrogens with two attached hydrogens (primary N) is 1. The molecule has 0 aliphatic carbocycles. The molecular formula is C8H9ClN2O2. The van der Waals surface area contributed by atoms with Crippen LogP contribution in [-0.2, 0) is 6.42 Å². The third kappa shape index (κ3) is 2.68. The lowest BCUT2D eigenvalue weighted by atomic mass is 10.1. The van der Waals surface area contributed by atoms with Crippen molar-refractivity contribution in [2.24, 2.45) is 5.73 Å². The Kier molecular flexibility index (Phi) is 3.22.